The Kier molecular flexibility index (Phi) is 5.73. The van der Waals surface area contributed by atoms with Crippen LogP contribution in [0.2, 0.25) is 0 Å². The SMILES string of the molecule is CN=C(NCc1ccc(Br)cc1F)N1CCC(C)C(n2ccnc2)C1. The van der Waals surface area contributed by atoms with Crippen molar-refractivity contribution < 1.29 is 4.39 Å². The minimum Gasteiger partial charge on any atom is -0.352 e. The molecule has 25 heavy (non-hydrogen) atoms. The predicted molar refractivity (Wildman–Crippen MR) is 101 cm³/mol. The lowest BCUT2D eigenvalue weighted by atomic mass is 9.93. The van der Waals surface area contributed by atoms with Crippen molar-refractivity contribution in [2.45, 2.75) is 25.9 Å². The first-order chi connectivity index (χ1) is 12.1. The van der Waals surface area contributed by atoms with Crippen LogP contribution in [0.1, 0.15) is 24.9 Å². The van der Waals surface area contributed by atoms with E-state index in [1.807, 2.05) is 24.8 Å². The summed E-state index contributed by atoms with van der Waals surface area (Å²) in [5, 5.41) is 3.29. The van der Waals surface area contributed by atoms with Gasteiger partial charge in [-0.25, -0.2) is 9.37 Å². The Morgan fingerprint density at radius 2 is 2.32 bits per heavy atom. The third kappa shape index (κ3) is 4.21. The Hall–Kier alpha value is -1.89. The van der Waals surface area contributed by atoms with E-state index in [2.05, 4.69) is 47.6 Å². The number of guanidine groups is 1. The molecule has 0 aliphatic carbocycles. The largest absolute Gasteiger partial charge is 0.352 e. The lowest BCUT2D eigenvalue weighted by Crippen LogP contribution is -2.48. The lowest BCUT2D eigenvalue weighted by Gasteiger charge is -2.39. The van der Waals surface area contributed by atoms with Crippen LogP contribution in [0.4, 0.5) is 4.39 Å². The Bertz CT molecular complexity index is 731. The van der Waals surface area contributed by atoms with E-state index in [1.54, 1.807) is 13.1 Å². The maximum absolute atomic E-state index is 14.0. The number of hydrogen-bond donors (Lipinski definition) is 1. The van der Waals surface area contributed by atoms with Gasteiger partial charge in [0.15, 0.2) is 5.96 Å². The van der Waals surface area contributed by atoms with Gasteiger partial charge in [-0.1, -0.05) is 28.9 Å². The van der Waals surface area contributed by atoms with Crippen molar-refractivity contribution in [1.29, 1.82) is 0 Å². The molecule has 1 aliphatic heterocycles. The second-order valence-electron chi connectivity index (χ2n) is 6.43. The molecule has 0 bridgehead atoms. The Morgan fingerprint density at radius 1 is 1.48 bits per heavy atom. The Morgan fingerprint density at radius 3 is 3.00 bits per heavy atom. The first kappa shape index (κ1) is 17.9. The zero-order valence-electron chi connectivity index (χ0n) is 14.5. The number of nitrogens with zero attached hydrogens (tertiary/aromatic N) is 4. The lowest BCUT2D eigenvalue weighted by molar-refractivity contribution is 0.189. The molecule has 0 spiro atoms. The number of rotatable bonds is 3. The van der Waals surface area contributed by atoms with Crippen molar-refractivity contribution in [2.24, 2.45) is 10.9 Å². The van der Waals surface area contributed by atoms with Crippen LogP contribution < -0.4 is 5.32 Å². The first-order valence-corrected chi connectivity index (χ1v) is 9.24. The van der Waals surface area contributed by atoms with Gasteiger partial charge in [0, 0.05) is 49.1 Å². The van der Waals surface area contributed by atoms with Gasteiger partial charge >= 0.3 is 0 Å². The van der Waals surface area contributed by atoms with Crippen LogP contribution in [0.5, 0.6) is 0 Å². The van der Waals surface area contributed by atoms with Crippen molar-refractivity contribution in [3.63, 3.8) is 0 Å². The van der Waals surface area contributed by atoms with Crippen molar-refractivity contribution >= 4 is 21.9 Å². The highest BCUT2D eigenvalue weighted by Crippen LogP contribution is 2.27. The highest BCUT2D eigenvalue weighted by molar-refractivity contribution is 9.10. The summed E-state index contributed by atoms with van der Waals surface area (Å²) in [5.74, 6) is 1.16. The molecule has 1 saturated heterocycles. The van der Waals surface area contributed by atoms with Crippen LogP contribution in [0, 0.1) is 11.7 Å². The van der Waals surface area contributed by atoms with E-state index in [9.17, 15) is 4.39 Å². The van der Waals surface area contributed by atoms with Crippen LogP contribution in [0.25, 0.3) is 0 Å². The number of imidazole rings is 1. The van der Waals surface area contributed by atoms with Crippen LogP contribution in [0.3, 0.4) is 0 Å². The zero-order chi connectivity index (χ0) is 17.8. The highest BCUT2D eigenvalue weighted by atomic mass is 79.9. The van der Waals surface area contributed by atoms with Crippen LogP contribution in [-0.4, -0.2) is 40.5 Å². The van der Waals surface area contributed by atoms with Gasteiger partial charge in [-0.05, 0) is 24.5 Å². The Balaban J connectivity index is 1.66. The average molecular weight is 408 g/mol. The Labute approximate surface area is 156 Å². The van der Waals surface area contributed by atoms with Crippen LogP contribution in [-0.2, 0) is 6.54 Å². The van der Waals surface area contributed by atoms with E-state index in [1.165, 1.54) is 6.07 Å². The molecule has 1 aliphatic rings. The molecular weight excluding hydrogens is 385 g/mol. The number of halogens is 2. The number of likely N-dealkylation sites (tertiary alicyclic amines) is 1. The molecule has 1 fully saturated rings. The third-order valence-electron chi connectivity index (χ3n) is 4.79. The number of piperidine rings is 1. The number of nitrogens with one attached hydrogen (secondary N) is 1. The molecule has 2 aromatic rings. The van der Waals surface area contributed by atoms with Gasteiger partial charge in [-0.2, -0.15) is 0 Å². The van der Waals surface area contributed by atoms with E-state index in [0.29, 0.717) is 24.1 Å². The molecule has 1 N–H and O–H groups in total. The van der Waals surface area contributed by atoms with E-state index in [4.69, 9.17) is 0 Å². The predicted octanol–water partition coefficient (Wildman–Crippen LogP) is 3.44. The van der Waals surface area contributed by atoms with E-state index < -0.39 is 0 Å². The molecule has 2 unspecified atom stereocenters. The first-order valence-electron chi connectivity index (χ1n) is 8.45. The van der Waals surface area contributed by atoms with Gasteiger partial charge in [0.1, 0.15) is 5.82 Å². The summed E-state index contributed by atoms with van der Waals surface area (Å²) in [6, 6.07) is 5.48. The standard InChI is InChI=1S/C18H23BrFN5/c1-13-5-7-24(11-17(13)25-8-6-22-12-25)18(21-2)23-10-14-3-4-15(19)9-16(14)20/h3-4,6,8-9,12-13,17H,5,7,10-11H2,1-2H3,(H,21,23). The molecular formula is C18H23BrFN5. The van der Waals surface area contributed by atoms with Gasteiger partial charge < -0.3 is 14.8 Å². The summed E-state index contributed by atoms with van der Waals surface area (Å²) in [6.45, 7) is 4.48. The summed E-state index contributed by atoms with van der Waals surface area (Å²) in [4.78, 5) is 10.8. The highest BCUT2D eigenvalue weighted by Gasteiger charge is 2.28. The molecule has 0 amide bonds. The van der Waals surface area contributed by atoms with Gasteiger partial charge in [-0.3, -0.25) is 4.99 Å². The summed E-state index contributed by atoms with van der Waals surface area (Å²) in [7, 11) is 1.77. The topological polar surface area (TPSA) is 45.5 Å². The van der Waals surface area contributed by atoms with Crippen LogP contribution in [0.15, 0.2) is 46.4 Å². The monoisotopic (exact) mass is 407 g/mol. The summed E-state index contributed by atoms with van der Waals surface area (Å²) >= 11 is 3.28. The maximum Gasteiger partial charge on any atom is 0.193 e. The fraction of sp³-hybridized carbons (Fsp3) is 0.444. The van der Waals surface area contributed by atoms with Crippen LogP contribution >= 0.6 is 15.9 Å². The number of benzene rings is 1. The van der Waals surface area contributed by atoms with Crippen molar-refractivity contribution in [2.75, 3.05) is 20.1 Å². The zero-order valence-corrected chi connectivity index (χ0v) is 16.1. The van der Waals surface area contributed by atoms with E-state index in [0.717, 1.165) is 29.9 Å². The fourth-order valence-corrected chi connectivity index (χ4v) is 3.60. The molecule has 2 heterocycles. The third-order valence-corrected chi connectivity index (χ3v) is 5.28. The fourth-order valence-electron chi connectivity index (χ4n) is 3.27. The second-order valence-corrected chi connectivity index (χ2v) is 7.34. The molecule has 1 aromatic heterocycles. The molecule has 5 nitrogen and oxygen atoms in total. The number of hydrogen-bond acceptors (Lipinski definition) is 2. The molecule has 1 aromatic carbocycles. The minimum absolute atomic E-state index is 0.221. The summed E-state index contributed by atoms with van der Waals surface area (Å²) in [6.07, 6.45) is 6.78. The summed E-state index contributed by atoms with van der Waals surface area (Å²) in [5.41, 5.74) is 0.626. The normalized spacial score (nSPS) is 21.4. The second kappa shape index (κ2) is 7.99. The van der Waals surface area contributed by atoms with E-state index in [-0.39, 0.29) is 5.82 Å². The maximum atomic E-state index is 14.0. The molecule has 2 atom stereocenters. The van der Waals surface area contributed by atoms with E-state index >= 15 is 0 Å². The number of aliphatic imine (C=N–C) groups is 1. The smallest absolute Gasteiger partial charge is 0.193 e. The minimum atomic E-state index is -0.221. The van der Waals surface area contributed by atoms with Gasteiger partial charge in [0.2, 0.25) is 0 Å². The molecule has 0 saturated carbocycles. The quantitative estimate of drug-likeness (QED) is 0.625. The summed E-state index contributed by atoms with van der Waals surface area (Å²) < 4.78 is 16.9. The van der Waals surface area contributed by atoms with Gasteiger partial charge in [-0.15, -0.1) is 0 Å². The van der Waals surface area contributed by atoms with Gasteiger partial charge in [0.25, 0.3) is 0 Å². The molecule has 134 valence electrons. The van der Waals surface area contributed by atoms with Crippen molar-refractivity contribution in [3.05, 3.63) is 52.8 Å². The average Bonchev–Trinajstić information content (AvgIpc) is 3.12. The number of aromatic nitrogens is 2. The van der Waals surface area contributed by atoms with Crippen molar-refractivity contribution in [3.8, 4) is 0 Å². The van der Waals surface area contributed by atoms with Gasteiger partial charge in [0.05, 0.1) is 12.4 Å². The molecule has 3 rings (SSSR count). The van der Waals surface area contributed by atoms with Crippen molar-refractivity contribution in [1.82, 2.24) is 19.8 Å². The molecule has 7 heteroatoms. The molecule has 0 radical (unpaired) electrons.